The molecule has 2 aliphatic rings. The Morgan fingerprint density at radius 3 is 2.33 bits per heavy atom. The van der Waals surface area contributed by atoms with Crippen LogP contribution in [0.3, 0.4) is 0 Å². The molecule has 1 aliphatic heterocycles. The zero-order valence-corrected chi connectivity index (χ0v) is 10.4. The molecule has 0 bridgehead atoms. The minimum absolute atomic E-state index is 0.00146. The summed E-state index contributed by atoms with van der Waals surface area (Å²) in [6.07, 6.45) is -1.52. The fourth-order valence-electron chi connectivity index (χ4n) is 2.83. The highest BCUT2D eigenvalue weighted by atomic mass is 19.4. The topological polar surface area (TPSA) is 49.5 Å². The molecule has 2 unspecified atom stereocenters. The second-order valence-electron chi connectivity index (χ2n) is 5.70. The van der Waals surface area contributed by atoms with Gasteiger partial charge < -0.3 is 10.8 Å². The Kier molecular flexibility index (Phi) is 3.90. The van der Waals surface area contributed by atoms with Crippen LogP contribution in [0.25, 0.3) is 0 Å². The largest absolute Gasteiger partial charge is 0.393 e. The molecular formula is C12H21F3N2O. The fourth-order valence-corrected chi connectivity index (χ4v) is 2.83. The maximum Gasteiger partial charge on any atom is 0.393 e. The number of halogens is 3. The van der Waals surface area contributed by atoms with Crippen molar-refractivity contribution in [3.63, 3.8) is 0 Å². The van der Waals surface area contributed by atoms with E-state index in [-0.39, 0.29) is 32.0 Å². The zero-order chi connectivity index (χ0) is 13.4. The van der Waals surface area contributed by atoms with E-state index in [1.54, 1.807) is 4.90 Å². The number of piperidine rings is 1. The third-order valence-electron chi connectivity index (χ3n) is 4.16. The minimum atomic E-state index is -4.13. The van der Waals surface area contributed by atoms with E-state index in [1.807, 2.05) is 0 Å². The Morgan fingerprint density at radius 2 is 1.83 bits per heavy atom. The summed E-state index contributed by atoms with van der Waals surface area (Å²) in [4.78, 5) is 1.73. The molecule has 2 rings (SSSR count). The van der Waals surface area contributed by atoms with Gasteiger partial charge in [-0.1, -0.05) is 0 Å². The number of rotatable bonds is 4. The average molecular weight is 266 g/mol. The van der Waals surface area contributed by atoms with Gasteiger partial charge in [-0.2, -0.15) is 13.2 Å². The molecule has 2 fully saturated rings. The van der Waals surface area contributed by atoms with Crippen LogP contribution in [-0.2, 0) is 0 Å². The molecule has 1 saturated carbocycles. The maximum absolute atomic E-state index is 12.7. The molecule has 3 nitrogen and oxygen atoms in total. The van der Waals surface area contributed by atoms with Crippen molar-refractivity contribution in [2.75, 3.05) is 26.2 Å². The molecule has 6 heteroatoms. The van der Waals surface area contributed by atoms with Gasteiger partial charge >= 0.3 is 6.18 Å². The van der Waals surface area contributed by atoms with Gasteiger partial charge in [-0.3, -0.25) is 4.90 Å². The SMILES string of the molecule is NCC(O)(CN1CCCC(C(F)(F)F)C1)C1CC1. The summed E-state index contributed by atoms with van der Waals surface area (Å²) in [7, 11) is 0. The first-order valence-corrected chi connectivity index (χ1v) is 6.56. The van der Waals surface area contributed by atoms with Crippen molar-refractivity contribution in [3.8, 4) is 0 Å². The average Bonchev–Trinajstić information content (AvgIpc) is 3.12. The zero-order valence-electron chi connectivity index (χ0n) is 10.4. The minimum Gasteiger partial charge on any atom is -0.387 e. The first kappa shape index (κ1) is 14.1. The van der Waals surface area contributed by atoms with Crippen LogP contribution in [0.1, 0.15) is 25.7 Å². The molecule has 1 saturated heterocycles. The molecule has 0 aromatic carbocycles. The Labute approximate surface area is 105 Å². The number of β-amino-alcohol motifs (C(OH)–C–C–N with tert-alkyl or cyclic N) is 1. The van der Waals surface area contributed by atoms with Crippen molar-refractivity contribution < 1.29 is 18.3 Å². The number of likely N-dealkylation sites (tertiary alicyclic amines) is 1. The summed E-state index contributed by atoms with van der Waals surface area (Å²) in [5.41, 5.74) is 4.59. The molecule has 1 heterocycles. The van der Waals surface area contributed by atoms with Crippen molar-refractivity contribution in [2.24, 2.45) is 17.6 Å². The van der Waals surface area contributed by atoms with Crippen LogP contribution in [0.2, 0.25) is 0 Å². The van der Waals surface area contributed by atoms with Crippen molar-refractivity contribution in [1.29, 1.82) is 0 Å². The number of nitrogens with zero attached hydrogens (tertiary/aromatic N) is 1. The van der Waals surface area contributed by atoms with Crippen LogP contribution in [0.4, 0.5) is 13.2 Å². The van der Waals surface area contributed by atoms with E-state index in [2.05, 4.69) is 0 Å². The van der Waals surface area contributed by atoms with Crippen molar-refractivity contribution in [2.45, 2.75) is 37.5 Å². The second kappa shape index (κ2) is 4.98. The Morgan fingerprint density at radius 1 is 1.17 bits per heavy atom. The first-order valence-electron chi connectivity index (χ1n) is 6.56. The van der Waals surface area contributed by atoms with Crippen LogP contribution in [-0.4, -0.2) is 48.0 Å². The summed E-state index contributed by atoms with van der Waals surface area (Å²) in [6, 6.07) is 0. The summed E-state index contributed by atoms with van der Waals surface area (Å²) < 4.78 is 38.1. The van der Waals surface area contributed by atoms with Crippen LogP contribution in [0.5, 0.6) is 0 Å². The molecule has 0 amide bonds. The monoisotopic (exact) mass is 266 g/mol. The molecule has 18 heavy (non-hydrogen) atoms. The van der Waals surface area contributed by atoms with Gasteiger partial charge in [0.05, 0.1) is 11.5 Å². The molecule has 106 valence electrons. The number of alkyl halides is 3. The van der Waals surface area contributed by atoms with Gasteiger partial charge in [-0.05, 0) is 38.1 Å². The second-order valence-corrected chi connectivity index (χ2v) is 5.70. The van der Waals surface area contributed by atoms with Gasteiger partial charge in [0, 0.05) is 19.6 Å². The van der Waals surface area contributed by atoms with Crippen molar-refractivity contribution in [3.05, 3.63) is 0 Å². The molecule has 0 aromatic rings. The predicted octanol–water partition coefficient (Wildman–Crippen LogP) is 1.36. The lowest BCUT2D eigenvalue weighted by Gasteiger charge is -2.39. The summed E-state index contributed by atoms with van der Waals surface area (Å²) in [5.74, 6) is -1.08. The molecular weight excluding hydrogens is 245 g/mol. The van der Waals surface area contributed by atoms with Crippen LogP contribution in [0.15, 0.2) is 0 Å². The maximum atomic E-state index is 12.7. The molecule has 3 N–H and O–H groups in total. The highest BCUT2D eigenvalue weighted by Crippen LogP contribution is 2.40. The molecule has 0 spiro atoms. The lowest BCUT2D eigenvalue weighted by atomic mass is 9.93. The predicted molar refractivity (Wildman–Crippen MR) is 61.9 cm³/mol. The van der Waals surface area contributed by atoms with Crippen molar-refractivity contribution in [1.82, 2.24) is 4.90 Å². The smallest absolute Gasteiger partial charge is 0.387 e. The van der Waals surface area contributed by atoms with E-state index in [4.69, 9.17) is 5.73 Å². The van der Waals surface area contributed by atoms with Crippen LogP contribution in [0, 0.1) is 11.8 Å². The lowest BCUT2D eigenvalue weighted by molar-refractivity contribution is -0.189. The normalized spacial score (nSPS) is 30.2. The lowest BCUT2D eigenvalue weighted by Crippen LogP contribution is -2.53. The van der Waals surface area contributed by atoms with Crippen LogP contribution >= 0.6 is 0 Å². The fraction of sp³-hybridized carbons (Fsp3) is 1.00. The molecule has 1 aliphatic carbocycles. The number of nitrogens with two attached hydrogens (primary N) is 1. The summed E-state index contributed by atoms with van der Waals surface area (Å²) >= 11 is 0. The van der Waals surface area contributed by atoms with Gasteiger partial charge in [-0.25, -0.2) is 0 Å². The highest BCUT2D eigenvalue weighted by Gasteiger charge is 2.46. The standard InChI is InChI=1S/C12H21F3N2O/c13-12(14,15)10-2-1-5-17(6-10)8-11(18,7-16)9-3-4-9/h9-10,18H,1-8,16H2. The number of aliphatic hydroxyl groups is 1. The van der Waals surface area contributed by atoms with Crippen molar-refractivity contribution >= 4 is 0 Å². The van der Waals surface area contributed by atoms with Gasteiger partial charge in [0.2, 0.25) is 0 Å². The van der Waals surface area contributed by atoms with Gasteiger partial charge in [0.1, 0.15) is 0 Å². The Bertz CT molecular complexity index is 294. The third kappa shape index (κ3) is 3.16. The Hall–Kier alpha value is -0.330. The highest BCUT2D eigenvalue weighted by molar-refractivity contribution is 4.98. The van der Waals surface area contributed by atoms with Gasteiger partial charge in [0.25, 0.3) is 0 Å². The summed E-state index contributed by atoms with van der Waals surface area (Å²) in [6.45, 7) is 1.03. The molecule has 0 radical (unpaired) electrons. The molecule has 2 atom stereocenters. The first-order chi connectivity index (χ1) is 8.35. The molecule has 0 aromatic heterocycles. The van der Waals surface area contributed by atoms with E-state index < -0.39 is 17.7 Å². The number of hydrogen-bond donors (Lipinski definition) is 2. The van der Waals surface area contributed by atoms with E-state index >= 15 is 0 Å². The van der Waals surface area contributed by atoms with Gasteiger partial charge in [-0.15, -0.1) is 0 Å². The summed E-state index contributed by atoms with van der Waals surface area (Å²) in [5, 5.41) is 10.4. The quantitative estimate of drug-likeness (QED) is 0.808. The van der Waals surface area contributed by atoms with E-state index in [1.165, 1.54) is 0 Å². The van der Waals surface area contributed by atoms with E-state index in [9.17, 15) is 18.3 Å². The van der Waals surface area contributed by atoms with E-state index in [0.717, 1.165) is 12.8 Å². The Balaban J connectivity index is 1.93. The van der Waals surface area contributed by atoms with E-state index in [0.29, 0.717) is 13.0 Å². The third-order valence-corrected chi connectivity index (χ3v) is 4.16. The van der Waals surface area contributed by atoms with Crippen LogP contribution < -0.4 is 5.73 Å². The van der Waals surface area contributed by atoms with Gasteiger partial charge in [0.15, 0.2) is 0 Å². The number of hydrogen-bond acceptors (Lipinski definition) is 3.